The molecule has 0 fully saturated rings. The SMILES string of the molecule is c1ccc(-c2cc(-c3ccc4oc5ccc(-c6cc(-c7ccccc7)cc(-c7cccc8ccccc78)c6)cc5c4c3)cc(-c3cccc4ccccc34)c2)cc1. The maximum absolute atomic E-state index is 6.50. The van der Waals surface area contributed by atoms with Crippen molar-refractivity contribution in [3.05, 3.63) is 218 Å². The summed E-state index contributed by atoms with van der Waals surface area (Å²) >= 11 is 0. The van der Waals surface area contributed by atoms with Gasteiger partial charge in [-0.05, 0) is 149 Å². The number of hydrogen-bond donors (Lipinski definition) is 0. The van der Waals surface area contributed by atoms with E-state index in [1.54, 1.807) is 0 Å². The van der Waals surface area contributed by atoms with Crippen molar-refractivity contribution in [3.63, 3.8) is 0 Å². The Kier molecular flexibility index (Phi) is 7.89. The van der Waals surface area contributed by atoms with E-state index in [0.29, 0.717) is 0 Å². The van der Waals surface area contributed by atoms with Crippen LogP contribution in [0.25, 0.3) is 110 Å². The van der Waals surface area contributed by atoms with Gasteiger partial charge in [0.15, 0.2) is 0 Å². The number of hydrogen-bond acceptors (Lipinski definition) is 1. The molecule has 0 N–H and O–H groups in total. The predicted octanol–water partition coefficient (Wildman–Crippen LogP) is 15.9. The second-order valence-corrected chi connectivity index (χ2v) is 14.9. The monoisotopic (exact) mass is 724 g/mol. The lowest BCUT2D eigenvalue weighted by Crippen LogP contribution is -1.88. The quantitative estimate of drug-likeness (QED) is 0.166. The molecule has 0 saturated heterocycles. The highest BCUT2D eigenvalue weighted by atomic mass is 16.3. The van der Waals surface area contributed by atoms with Crippen molar-refractivity contribution in [2.75, 3.05) is 0 Å². The van der Waals surface area contributed by atoms with Crippen molar-refractivity contribution >= 4 is 43.5 Å². The van der Waals surface area contributed by atoms with Gasteiger partial charge < -0.3 is 4.42 Å². The summed E-state index contributed by atoms with van der Waals surface area (Å²) in [4.78, 5) is 0. The maximum Gasteiger partial charge on any atom is 0.135 e. The fourth-order valence-electron chi connectivity index (χ4n) is 8.58. The van der Waals surface area contributed by atoms with Gasteiger partial charge in [0.1, 0.15) is 11.2 Å². The van der Waals surface area contributed by atoms with Crippen molar-refractivity contribution in [3.8, 4) is 66.8 Å². The highest BCUT2D eigenvalue weighted by molar-refractivity contribution is 6.08. The number of fused-ring (bicyclic) bond motifs is 5. The van der Waals surface area contributed by atoms with E-state index in [-0.39, 0.29) is 0 Å². The minimum Gasteiger partial charge on any atom is -0.456 e. The fraction of sp³-hybridized carbons (Fsp3) is 0. The lowest BCUT2D eigenvalue weighted by Gasteiger charge is -2.13. The largest absolute Gasteiger partial charge is 0.456 e. The van der Waals surface area contributed by atoms with Crippen LogP contribution in [0.4, 0.5) is 0 Å². The Bertz CT molecular complexity index is 3050. The minimum absolute atomic E-state index is 0.883. The van der Waals surface area contributed by atoms with Crippen molar-refractivity contribution < 1.29 is 4.42 Å². The lowest BCUT2D eigenvalue weighted by atomic mass is 9.90. The molecule has 11 rings (SSSR count). The molecule has 1 heteroatoms. The van der Waals surface area contributed by atoms with E-state index in [0.717, 1.165) is 33.1 Å². The predicted molar refractivity (Wildman–Crippen MR) is 241 cm³/mol. The van der Waals surface area contributed by atoms with E-state index in [9.17, 15) is 0 Å². The van der Waals surface area contributed by atoms with Gasteiger partial charge in [-0.2, -0.15) is 0 Å². The van der Waals surface area contributed by atoms with Gasteiger partial charge in [0, 0.05) is 10.8 Å². The maximum atomic E-state index is 6.50. The Morgan fingerprint density at radius 2 is 0.579 bits per heavy atom. The molecule has 266 valence electrons. The second-order valence-electron chi connectivity index (χ2n) is 14.9. The van der Waals surface area contributed by atoms with Gasteiger partial charge in [-0.3, -0.25) is 0 Å². The zero-order chi connectivity index (χ0) is 37.7. The average molecular weight is 725 g/mol. The molecule has 0 aliphatic heterocycles. The smallest absolute Gasteiger partial charge is 0.135 e. The zero-order valence-corrected chi connectivity index (χ0v) is 31.2. The normalized spacial score (nSPS) is 11.5. The first kappa shape index (κ1) is 32.9. The van der Waals surface area contributed by atoms with Crippen LogP contribution in [0.3, 0.4) is 0 Å². The van der Waals surface area contributed by atoms with Gasteiger partial charge in [0.25, 0.3) is 0 Å². The van der Waals surface area contributed by atoms with Gasteiger partial charge in [0.2, 0.25) is 0 Å². The van der Waals surface area contributed by atoms with Crippen LogP contribution in [0.2, 0.25) is 0 Å². The first-order chi connectivity index (χ1) is 28.2. The van der Waals surface area contributed by atoms with Crippen LogP contribution in [-0.4, -0.2) is 0 Å². The fourth-order valence-corrected chi connectivity index (χ4v) is 8.58. The molecule has 0 aliphatic rings. The standard InChI is InChI=1S/C56H36O/c1-3-13-37(14-4-1)43-29-45(33-47(31-43)51-23-11-19-39-17-7-9-21-49(39)51)41-25-27-55-53(35-41)54-36-42(26-28-56(54)57-55)46-30-44(38-15-5-2-6-16-38)32-48(34-46)52-24-12-20-40-18-8-10-22-50(40)52/h1-36H. The molecule has 0 unspecified atom stereocenters. The van der Waals surface area contributed by atoms with E-state index in [1.165, 1.54) is 77.2 Å². The van der Waals surface area contributed by atoms with Crippen molar-refractivity contribution in [1.29, 1.82) is 0 Å². The Morgan fingerprint density at radius 3 is 1.04 bits per heavy atom. The zero-order valence-electron chi connectivity index (χ0n) is 31.2. The van der Waals surface area contributed by atoms with Gasteiger partial charge in [0.05, 0.1) is 0 Å². The topological polar surface area (TPSA) is 13.1 Å². The van der Waals surface area contributed by atoms with Crippen LogP contribution < -0.4 is 0 Å². The molecular weight excluding hydrogens is 689 g/mol. The van der Waals surface area contributed by atoms with E-state index in [4.69, 9.17) is 4.42 Å². The Morgan fingerprint density at radius 1 is 0.211 bits per heavy atom. The van der Waals surface area contributed by atoms with Crippen LogP contribution in [-0.2, 0) is 0 Å². The van der Waals surface area contributed by atoms with Crippen LogP contribution in [0, 0.1) is 0 Å². The molecule has 57 heavy (non-hydrogen) atoms. The Hall–Kier alpha value is -7.48. The van der Waals surface area contributed by atoms with Gasteiger partial charge >= 0.3 is 0 Å². The summed E-state index contributed by atoms with van der Waals surface area (Å²) < 4.78 is 6.50. The number of benzene rings is 10. The summed E-state index contributed by atoms with van der Waals surface area (Å²) in [7, 11) is 0. The average Bonchev–Trinajstić information content (AvgIpc) is 3.66. The molecule has 0 aliphatic carbocycles. The molecule has 1 aromatic heterocycles. The first-order valence-electron chi connectivity index (χ1n) is 19.6. The molecule has 0 radical (unpaired) electrons. The second kappa shape index (κ2) is 13.7. The summed E-state index contributed by atoms with van der Waals surface area (Å²) in [5.74, 6) is 0. The molecule has 10 aromatic carbocycles. The minimum atomic E-state index is 0.883. The van der Waals surface area contributed by atoms with Crippen molar-refractivity contribution in [2.24, 2.45) is 0 Å². The number of rotatable bonds is 6. The van der Waals surface area contributed by atoms with Crippen LogP contribution >= 0.6 is 0 Å². The third-order valence-corrected chi connectivity index (χ3v) is 11.4. The van der Waals surface area contributed by atoms with Gasteiger partial charge in [-0.1, -0.05) is 158 Å². The van der Waals surface area contributed by atoms with Gasteiger partial charge in [-0.25, -0.2) is 0 Å². The lowest BCUT2D eigenvalue weighted by molar-refractivity contribution is 0.669. The molecule has 1 heterocycles. The molecule has 0 amide bonds. The highest BCUT2D eigenvalue weighted by Crippen LogP contribution is 2.41. The summed E-state index contributed by atoms with van der Waals surface area (Å²) in [5, 5.41) is 7.19. The number of furan rings is 1. The molecule has 0 saturated carbocycles. The van der Waals surface area contributed by atoms with Crippen molar-refractivity contribution in [2.45, 2.75) is 0 Å². The van der Waals surface area contributed by atoms with E-state index in [2.05, 4.69) is 218 Å². The molecule has 0 bridgehead atoms. The molecule has 0 atom stereocenters. The summed E-state index contributed by atoms with van der Waals surface area (Å²) in [6.45, 7) is 0. The van der Waals surface area contributed by atoms with E-state index in [1.807, 2.05) is 0 Å². The molecule has 11 aromatic rings. The summed E-state index contributed by atoms with van der Waals surface area (Å²) in [6.07, 6.45) is 0. The van der Waals surface area contributed by atoms with Crippen LogP contribution in [0.5, 0.6) is 0 Å². The van der Waals surface area contributed by atoms with Crippen LogP contribution in [0.1, 0.15) is 0 Å². The van der Waals surface area contributed by atoms with Gasteiger partial charge in [-0.15, -0.1) is 0 Å². The Balaban J connectivity index is 1.07. The molecular formula is C56H36O. The van der Waals surface area contributed by atoms with Crippen LogP contribution in [0.15, 0.2) is 223 Å². The van der Waals surface area contributed by atoms with Crippen molar-refractivity contribution in [1.82, 2.24) is 0 Å². The Labute approximate surface area is 331 Å². The molecule has 1 nitrogen and oxygen atoms in total. The third kappa shape index (κ3) is 5.98. The summed E-state index contributed by atoms with van der Waals surface area (Å²) in [6, 6.07) is 79.1. The summed E-state index contributed by atoms with van der Waals surface area (Å²) in [5.41, 5.74) is 16.0. The molecule has 0 spiro atoms. The van der Waals surface area contributed by atoms with E-state index < -0.39 is 0 Å². The first-order valence-corrected chi connectivity index (χ1v) is 19.6. The van der Waals surface area contributed by atoms with E-state index >= 15 is 0 Å². The highest BCUT2D eigenvalue weighted by Gasteiger charge is 2.15. The third-order valence-electron chi connectivity index (χ3n) is 11.4.